The summed E-state index contributed by atoms with van der Waals surface area (Å²) in [4.78, 5) is 4.43. The van der Waals surface area contributed by atoms with Gasteiger partial charge in [0.25, 0.3) is 5.89 Å². The minimum Gasteiger partial charge on any atom is -0.382 e. The lowest BCUT2D eigenvalue weighted by molar-refractivity contribution is -0.0527. The standard InChI is InChI=1S/C12H17N5O2/c1-18-12(5-3-2-4-6-12)11-14-10(19-17-11)8-7-9(13)16-15-8/h7H,2-6H2,1H3,(H3,13,15,16). The fourth-order valence-electron chi connectivity index (χ4n) is 2.61. The van der Waals surface area contributed by atoms with Crippen molar-refractivity contribution in [3.63, 3.8) is 0 Å². The number of aromatic nitrogens is 4. The van der Waals surface area contributed by atoms with Crippen molar-refractivity contribution in [1.82, 2.24) is 20.3 Å². The predicted molar refractivity (Wildman–Crippen MR) is 68.1 cm³/mol. The monoisotopic (exact) mass is 263 g/mol. The van der Waals surface area contributed by atoms with Crippen LogP contribution < -0.4 is 5.73 Å². The molecule has 2 heterocycles. The van der Waals surface area contributed by atoms with Gasteiger partial charge in [-0.2, -0.15) is 10.1 Å². The Hall–Kier alpha value is -1.89. The summed E-state index contributed by atoms with van der Waals surface area (Å²) in [5.41, 5.74) is 5.77. The van der Waals surface area contributed by atoms with Crippen molar-refractivity contribution in [2.75, 3.05) is 12.8 Å². The van der Waals surface area contributed by atoms with E-state index >= 15 is 0 Å². The Morgan fingerprint density at radius 1 is 1.37 bits per heavy atom. The molecule has 0 atom stereocenters. The molecule has 0 aliphatic heterocycles. The van der Waals surface area contributed by atoms with Gasteiger partial charge in [-0.05, 0) is 12.8 Å². The van der Waals surface area contributed by atoms with Crippen LogP contribution in [0.5, 0.6) is 0 Å². The molecule has 7 heteroatoms. The average molecular weight is 263 g/mol. The maximum absolute atomic E-state index is 5.68. The third-order valence-electron chi connectivity index (χ3n) is 3.71. The number of methoxy groups -OCH3 is 1. The van der Waals surface area contributed by atoms with Crippen molar-refractivity contribution in [3.05, 3.63) is 11.9 Å². The second kappa shape index (κ2) is 4.65. The van der Waals surface area contributed by atoms with Crippen LogP contribution in [0, 0.1) is 0 Å². The highest BCUT2D eigenvalue weighted by Gasteiger charge is 2.38. The van der Waals surface area contributed by atoms with Crippen molar-refractivity contribution in [2.24, 2.45) is 0 Å². The second-order valence-electron chi connectivity index (χ2n) is 4.89. The number of nitrogens with two attached hydrogens (primary N) is 1. The molecule has 1 aliphatic carbocycles. The summed E-state index contributed by atoms with van der Waals surface area (Å²) in [6, 6.07) is 1.66. The zero-order chi connectivity index (χ0) is 13.3. The summed E-state index contributed by atoms with van der Waals surface area (Å²) in [5.74, 6) is 1.40. The first kappa shape index (κ1) is 12.2. The number of aromatic amines is 1. The van der Waals surface area contributed by atoms with E-state index in [9.17, 15) is 0 Å². The first-order valence-electron chi connectivity index (χ1n) is 6.44. The van der Waals surface area contributed by atoms with Crippen molar-refractivity contribution >= 4 is 5.82 Å². The number of anilines is 1. The summed E-state index contributed by atoms with van der Waals surface area (Å²) in [5, 5.41) is 10.7. The van der Waals surface area contributed by atoms with E-state index < -0.39 is 5.60 Å². The van der Waals surface area contributed by atoms with E-state index in [4.69, 9.17) is 15.0 Å². The zero-order valence-electron chi connectivity index (χ0n) is 10.8. The molecule has 0 amide bonds. The average Bonchev–Trinajstić information content (AvgIpc) is 3.08. The zero-order valence-corrected chi connectivity index (χ0v) is 10.8. The van der Waals surface area contributed by atoms with Gasteiger partial charge in [0.2, 0.25) is 5.82 Å². The van der Waals surface area contributed by atoms with Gasteiger partial charge in [-0.25, -0.2) is 0 Å². The van der Waals surface area contributed by atoms with Gasteiger partial charge in [0.1, 0.15) is 17.1 Å². The number of H-pyrrole nitrogens is 1. The van der Waals surface area contributed by atoms with E-state index in [-0.39, 0.29) is 0 Å². The molecule has 3 rings (SSSR count). The quantitative estimate of drug-likeness (QED) is 0.875. The molecule has 19 heavy (non-hydrogen) atoms. The molecule has 0 radical (unpaired) electrons. The molecule has 1 aliphatic rings. The van der Waals surface area contributed by atoms with Gasteiger partial charge in [-0.15, -0.1) is 0 Å². The van der Waals surface area contributed by atoms with Crippen molar-refractivity contribution in [3.8, 4) is 11.6 Å². The Morgan fingerprint density at radius 2 is 2.16 bits per heavy atom. The molecule has 2 aromatic heterocycles. The Kier molecular flexibility index (Phi) is 2.98. The van der Waals surface area contributed by atoms with Gasteiger partial charge in [-0.3, -0.25) is 5.10 Å². The minimum absolute atomic E-state index is 0.390. The van der Waals surface area contributed by atoms with Crippen LogP contribution in [0.4, 0.5) is 5.82 Å². The summed E-state index contributed by atoms with van der Waals surface area (Å²) in [7, 11) is 1.70. The fraction of sp³-hybridized carbons (Fsp3) is 0.583. The van der Waals surface area contributed by atoms with Gasteiger partial charge < -0.3 is 15.0 Å². The number of nitrogens with zero attached hydrogens (tertiary/aromatic N) is 3. The lowest BCUT2D eigenvalue weighted by Crippen LogP contribution is -2.32. The maximum Gasteiger partial charge on any atom is 0.276 e. The molecule has 3 N–H and O–H groups in total. The molecule has 0 unspecified atom stereocenters. The number of nitrogen functional groups attached to an aromatic ring is 1. The topological polar surface area (TPSA) is 103 Å². The third kappa shape index (κ3) is 2.10. The van der Waals surface area contributed by atoms with Crippen LogP contribution >= 0.6 is 0 Å². The third-order valence-corrected chi connectivity index (χ3v) is 3.71. The lowest BCUT2D eigenvalue weighted by Gasteiger charge is -2.32. The predicted octanol–water partition coefficient (Wildman–Crippen LogP) is 1.85. The minimum atomic E-state index is -0.411. The van der Waals surface area contributed by atoms with Gasteiger partial charge in [-0.1, -0.05) is 24.4 Å². The van der Waals surface area contributed by atoms with Crippen LogP contribution in [0.3, 0.4) is 0 Å². The highest BCUT2D eigenvalue weighted by molar-refractivity contribution is 5.51. The maximum atomic E-state index is 5.68. The summed E-state index contributed by atoms with van der Waals surface area (Å²) in [6.45, 7) is 0. The molecular formula is C12H17N5O2. The smallest absolute Gasteiger partial charge is 0.276 e. The summed E-state index contributed by atoms with van der Waals surface area (Å²) >= 11 is 0. The van der Waals surface area contributed by atoms with Gasteiger partial charge in [0.15, 0.2) is 0 Å². The van der Waals surface area contributed by atoms with Gasteiger partial charge >= 0.3 is 0 Å². The summed E-state index contributed by atoms with van der Waals surface area (Å²) < 4.78 is 11.0. The molecule has 102 valence electrons. The first-order valence-corrected chi connectivity index (χ1v) is 6.44. The molecular weight excluding hydrogens is 246 g/mol. The van der Waals surface area contributed by atoms with Gasteiger partial charge in [0, 0.05) is 13.2 Å². The highest BCUT2D eigenvalue weighted by Crippen LogP contribution is 2.39. The number of rotatable bonds is 3. The van der Waals surface area contributed by atoms with Crippen LogP contribution in [0.2, 0.25) is 0 Å². The Bertz CT molecular complexity index is 556. The molecule has 2 aromatic rings. The van der Waals surface area contributed by atoms with Crippen molar-refractivity contribution in [1.29, 1.82) is 0 Å². The largest absolute Gasteiger partial charge is 0.382 e. The number of ether oxygens (including phenoxy) is 1. The van der Waals surface area contributed by atoms with Crippen LogP contribution in [-0.2, 0) is 10.3 Å². The van der Waals surface area contributed by atoms with E-state index in [0.717, 1.165) is 25.7 Å². The van der Waals surface area contributed by atoms with E-state index in [1.165, 1.54) is 6.42 Å². The number of nitrogens with one attached hydrogen (secondary N) is 1. The molecule has 0 saturated heterocycles. The van der Waals surface area contributed by atoms with E-state index in [1.54, 1.807) is 13.2 Å². The molecule has 1 saturated carbocycles. The SMILES string of the molecule is COC1(c2noc(-c3cc(N)n[nH]3)n2)CCCCC1. The first-order chi connectivity index (χ1) is 9.23. The Labute approximate surface area is 110 Å². The van der Waals surface area contributed by atoms with Crippen LogP contribution in [0.25, 0.3) is 11.6 Å². The van der Waals surface area contributed by atoms with Crippen molar-refractivity contribution in [2.45, 2.75) is 37.7 Å². The highest BCUT2D eigenvalue weighted by atomic mass is 16.5. The van der Waals surface area contributed by atoms with Crippen molar-refractivity contribution < 1.29 is 9.26 Å². The molecule has 0 bridgehead atoms. The Balaban J connectivity index is 1.91. The van der Waals surface area contributed by atoms with Crippen LogP contribution in [0.1, 0.15) is 37.9 Å². The molecule has 7 nitrogen and oxygen atoms in total. The van der Waals surface area contributed by atoms with E-state index in [0.29, 0.717) is 23.2 Å². The fourth-order valence-corrected chi connectivity index (χ4v) is 2.61. The normalized spacial score (nSPS) is 18.6. The Morgan fingerprint density at radius 3 is 2.79 bits per heavy atom. The van der Waals surface area contributed by atoms with Gasteiger partial charge in [0.05, 0.1) is 0 Å². The van der Waals surface area contributed by atoms with E-state index in [2.05, 4.69) is 20.3 Å². The van der Waals surface area contributed by atoms with E-state index in [1.807, 2.05) is 0 Å². The number of hydrogen-bond donors (Lipinski definition) is 2. The molecule has 1 fully saturated rings. The van der Waals surface area contributed by atoms with Crippen LogP contribution in [-0.4, -0.2) is 27.4 Å². The molecule has 0 aromatic carbocycles. The second-order valence-corrected chi connectivity index (χ2v) is 4.89. The molecule has 0 spiro atoms. The number of hydrogen-bond acceptors (Lipinski definition) is 6. The van der Waals surface area contributed by atoms with Crippen LogP contribution in [0.15, 0.2) is 10.6 Å². The summed E-state index contributed by atoms with van der Waals surface area (Å²) in [6.07, 6.45) is 5.32. The lowest BCUT2D eigenvalue weighted by atomic mass is 9.84.